The summed E-state index contributed by atoms with van der Waals surface area (Å²) in [6.45, 7) is 2.19. The van der Waals surface area contributed by atoms with Crippen LogP contribution in [0.25, 0.3) is 0 Å². The lowest BCUT2D eigenvalue weighted by atomic mass is 9.93. The first-order chi connectivity index (χ1) is 8.74. The van der Waals surface area contributed by atoms with E-state index in [-0.39, 0.29) is 12.0 Å². The number of epoxide rings is 1. The molecule has 3 heterocycles. The van der Waals surface area contributed by atoms with Crippen LogP contribution < -0.4 is 0 Å². The van der Waals surface area contributed by atoms with E-state index in [0.29, 0.717) is 17.5 Å². The Balaban J connectivity index is 1.59. The van der Waals surface area contributed by atoms with Gasteiger partial charge in [0.05, 0.1) is 11.6 Å². The summed E-state index contributed by atoms with van der Waals surface area (Å²) >= 11 is 5.83. The molecular formula is C13H15ClN2O2. The number of nitrogens with zero attached hydrogens (tertiary/aromatic N) is 2. The number of piperidine rings is 1. The largest absolute Gasteiger partial charge is 0.363 e. The number of likely N-dealkylation sites (tertiary alicyclic amines) is 1. The van der Waals surface area contributed by atoms with Gasteiger partial charge in [0.2, 0.25) is 0 Å². The van der Waals surface area contributed by atoms with E-state index in [1.54, 1.807) is 6.20 Å². The molecule has 1 atom stereocenters. The molecule has 0 saturated carbocycles. The average Bonchev–Trinajstić information content (AvgIpc) is 3.23. The highest BCUT2D eigenvalue weighted by Crippen LogP contribution is 2.28. The van der Waals surface area contributed by atoms with E-state index in [1.807, 2.05) is 17.0 Å². The van der Waals surface area contributed by atoms with Crippen molar-refractivity contribution in [1.29, 1.82) is 0 Å². The van der Waals surface area contributed by atoms with Crippen molar-refractivity contribution in [2.45, 2.75) is 24.9 Å². The molecule has 2 saturated heterocycles. The van der Waals surface area contributed by atoms with Crippen molar-refractivity contribution in [2.75, 3.05) is 19.7 Å². The molecule has 0 radical (unpaired) electrons. The summed E-state index contributed by atoms with van der Waals surface area (Å²) in [5, 5.41) is 0.664. The standard InChI is InChI=1S/C13H15ClN2O2/c14-10-1-2-11(15-7-10)9-3-5-16(6-4-9)13(17)12-8-18-12/h1-2,7,9,12H,3-6,8H2. The molecule has 5 heteroatoms. The molecule has 1 unspecified atom stereocenters. The van der Waals surface area contributed by atoms with E-state index in [9.17, 15) is 4.79 Å². The highest BCUT2D eigenvalue weighted by molar-refractivity contribution is 6.30. The Morgan fingerprint density at radius 3 is 2.67 bits per heavy atom. The van der Waals surface area contributed by atoms with Crippen LogP contribution in [0.5, 0.6) is 0 Å². The highest BCUT2D eigenvalue weighted by atomic mass is 35.5. The summed E-state index contributed by atoms with van der Waals surface area (Å²) in [5.41, 5.74) is 1.08. The summed E-state index contributed by atoms with van der Waals surface area (Å²) in [6, 6.07) is 3.86. The number of halogens is 1. The fraction of sp³-hybridized carbons (Fsp3) is 0.538. The lowest BCUT2D eigenvalue weighted by Gasteiger charge is -2.31. The van der Waals surface area contributed by atoms with Crippen LogP contribution in [0.3, 0.4) is 0 Å². The number of amides is 1. The Morgan fingerprint density at radius 1 is 1.39 bits per heavy atom. The predicted molar refractivity (Wildman–Crippen MR) is 67.5 cm³/mol. The number of carbonyl (C=O) groups is 1. The molecule has 1 amide bonds. The van der Waals surface area contributed by atoms with Gasteiger partial charge in [0.1, 0.15) is 0 Å². The highest BCUT2D eigenvalue weighted by Gasteiger charge is 2.36. The minimum absolute atomic E-state index is 0.150. The van der Waals surface area contributed by atoms with Crippen LogP contribution in [-0.4, -0.2) is 41.6 Å². The van der Waals surface area contributed by atoms with E-state index in [0.717, 1.165) is 31.6 Å². The maximum absolute atomic E-state index is 11.8. The van der Waals surface area contributed by atoms with E-state index in [4.69, 9.17) is 16.3 Å². The summed E-state index contributed by atoms with van der Waals surface area (Å²) in [7, 11) is 0. The van der Waals surface area contributed by atoms with Crippen LogP contribution in [-0.2, 0) is 9.53 Å². The first-order valence-electron chi connectivity index (χ1n) is 6.26. The van der Waals surface area contributed by atoms with E-state index < -0.39 is 0 Å². The van der Waals surface area contributed by atoms with Crippen molar-refractivity contribution in [1.82, 2.24) is 9.88 Å². The fourth-order valence-corrected chi connectivity index (χ4v) is 2.53. The van der Waals surface area contributed by atoms with Gasteiger partial charge in [0.25, 0.3) is 5.91 Å². The summed E-state index contributed by atoms with van der Waals surface area (Å²) in [4.78, 5) is 18.1. The number of pyridine rings is 1. The first-order valence-corrected chi connectivity index (χ1v) is 6.63. The van der Waals surface area contributed by atoms with E-state index in [1.165, 1.54) is 0 Å². The molecular weight excluding hydrogens is 252 g/mol. The third-order valence-corrected chi connectivity index (χ3v) is 3.81. The van der Waals surface area contributed by atoms with Crippen molar-refractivity contribution in [2.24, 2.45) is 0 Å². The van der Waals surface area contributed by atoms with Crippen molar-refractivity contribution in [3.05, 3.63) is 29.0 Å². The van der Waals surface area contributed by atoms with Gasteiger partial charge < -0.3 is 9.64 Å². The molecule has 96 valence electrons. The van der Waals surface area contributed by atoms with Gasteiger partial charge in [-0.05, 0) is 25.0 Å². The predicted octanol–water partition coefficient (Wildman–Crippen LogP) is 1.84. The lowest BCUT2D eigenvalue weighted by molar-refractivity contribution is -0.133. The van der Waals surface area contributed by atoms with Gasteiger partial charge in [0.15, 0.2) is 6.10 Å². The normalized spacial score (nSPS) is 24.1. The van der Waals surface area contributed by atoms with Crippen molar-refractivity contribution >= 4 is 17.5 Å². The van der Waals surface area contributed by atoms with Crippen molar-refractivity contribution in [3.8, 4) is 0 Å². The number of hydrogen-bond donors (Lipinski definition) is 0. The van der Waals surface area contributed by atoms with Gasteiger partial charge in [-0.3, -0.25) is 9.78 Å². The van der Waals surface area contributed by atoms with Crippen LogP contribution in [0.4, 0.5) is 0 Å². The number of hydrogen-bond acceptors (Lipinski definition) is 3. The van der Waals surface area contributed by atoms with Gasteiger partial charge >= 0.3 is 0 Å². The lowest BCUT2D eigenvalue weighted by Crippen LogP contribution is -2.40. The summed E-state index contributed by atoms with van der Waals surface area (Å²) in [6.07, 6.45) is 3.46. The van der Waals surface area contributed by atoms with Crippen LogP contribution in [0.1, 0.15) is 24.5 Å². The Labute approximate surface area is 111 Å². The zero-order chi connectivity index (χ0) is 12.5. The maximum atomic E-state index is 11.8. The van der Waals surface area contributed by atoms with Crippen LogP contribution >= 0.6 is 11.6 Å². The number of rotatable bonds is 2. The molecule has 1 aromatic rings. The van der Waals surface area contributed by atoms with Gasteiger partial charge in [-0.15, -0.1) is 0 Å². The SMILES string of the molecule is O=C(C1CO1)N1CCC(c2ccc(Cl)cn2)CC1. The Kier molecular flexibility index (Phi) is 3.22. The molecule has 2 aliphatic heterocycles. The van der Waals surface area contributed by atoms with Gasteiger partial charge in [-0.1, -0.05) is 11.6 Å². The monoisotopic (exact) mass is 266 g/mol. The molecule has 2 aliphatic rings. The van der Waals surface area contributed by atoms with Crippen molar-refractivity contribution < 1.29 is 9.53 Å². The minimum atomic E-state index is -0.157. The van der Waals surface area contributed by atoms with E-state index in [2.05, 4.69) is 4.98 Å². The van der Waals surface area contributed by atoms with Crippen molar-refractivity contribution in [3.63, 3.8) is 0 Å². The Morgan fingerprint density at radius 2 is 2.11 bits per heavy atom. The van der Waals surface area contributed by atoms with Gasteiger partial charge in [0, 0.05) is 30.9 Å². The molecule has 0 aromatic carbocycles. The summed E-state index contributed by atoms with van der Waals surface area (Å²) in [5.74, 6) is 0.587. The maximum Gasteiger partial charge on any atom is 0.254 e. The molecule has 0 bridgehead atoms. The second kappa shape index (κ2) is 4.86. The van der Waals surface area contributed by atoms with Crippen LogP contribution in [0.2, 0.25) is 5.02 Å². The average molecular weight is 267 g/mol. The number of carbonyl (C=O) groups excluding carboxylic acids is 1. The van der Waals surface area contributed by atoms with Crippen LogP contribution in [0, 0.1) is 0 Å². The second-order valence-electron chi connectivity index (χ2n) is 4.82. The molecule has 0 N–H and O–H groups in total. The van der Waals surface area contributed by atoms with Gasteiger partial charge in [-0.2, -0.15) is 0 Å². The molecule has 0 spiro atoms. The third-order valence-electron chi connectivity index (χ3n) is 3.58. The fourth-order valence-electron chi connectivity index (χ4n) is 2.42. The summed E-state index contributed by atoms with van der Waals surface area (Å²) < 4.78 is 5.03. The molecule has 0 aliphatic carbocycles. The number of ether oxygens (including phenoxy) is 1. The smallest absolute Gasteiger partial charge is 0.254 e. The molecule has 3 rings (SSSR count). The third kappa shape index (κ3) is 2.49. The van der Waals surface area contributed by atoms with Gasteiger partial charge in [-0.25, -0.2) is 0 Å². The zero-order valence-electron chi connectivity index (χ0n) is 10.0. The zero-order valence-corrected chi connectivity index (χ0v) is 10.8. The molecule has 18 heavy (non-hydrogen) atoms. The van der Waals surface area contributed by atoms with Crippen LogP contribution in [0.15, 0.2) is 18.3 Å². The molecule has 1 aromatic heterocycles. The first kappa shape index (κ1) is 11.9. The number of aromatic nitrogens is 1. The minimum Gasteiger partial charge on any atom is -0.363 e. The van der Waals surface area contributed by atoms with E-state index >= 15 is 0 Å². The molecule has 4 nitrogen and oxygen atoms in total. The Hall–Kier alpha value is -1.13. The molecule has 2 fully saturated rings. The topological polar surface area (TPSA) is 45.7 Å². The second-order valence-corrected chi connectivity index (χ2v) is 5.26. The quantitative estimate of drug-likeness (QED) is 0.768. The Bertz CT molecular complexity index is 437.